The Labute approximate surface area is 127 Å². The van der Waals surface area contributed by atoms with Gasteiger partial charge in [0.05, 0.1) is 22.7 Å². The predicted octanol–water partition coefficient (Wildman–Crippen LogP) is 3.31. The van der Waals surface area contributed by atoms with Crippen LogP contribution in [0.25, 0.3) is 0 Å². The SMILES string of the molecule is COc1ccc(S(=O)(=O)N(C)c2ccc(F)cc2)cc1Cl. The molecule has 0 aliphatic heterocycles. The number of methoxy groups -OCH3 is 1. The lowest BCUT2D eigenvalue weighted by Crippen LogP contribution is -2.26. The van der Waals surface area contributed by atoms with E-state index >= 15 is 0 Å². The highest BCUT2D eigenvalue weighted by Gasteiger charge is 2.22. The molecule has 0 atom stereocenters. The molecule has 2 aromatic carbocycles. The van der Waals surface area contributed by atoms with Crippen LogP contribution in [0.3, 0.4) is 0 Å². The second-order valence-electron chi connectivity index (χ2n) is 4.25. The van der Waals surface area contributed by atoms with Crippen molar-refractivity contribution in [1.82, 2.24) is 0 Å². The zero-order valence-corrected chi connectivity index (χ0v) is 13.0. The molecule has 4 nitrogen and oxygen atoms in total. The third-order valence-corrected chi connectivity index (χ3v) is 5.05. The molecule has 0 amide bonds. The monoisotopic (exact) mass is 329 g/mol. The fourth-order valence-corrected chi connectivity index (χ4v) is 3.30. The van der Waals surface area contributed by atoms with E-state index in [9.17, 15) is 12.8 Å². The van der Waals surface area contributed by atoms with Crippen LogP contribution in [0.5, 0.6) is 5.75 Å². The molecule has 0 saturated carbocycles. The normalized spacial score (nSPS) is 11.2. The van der Waals surface area contributed by atoms with Crippen LogP contribution < -0.4 is 9.04 Å². The first-order valence-corrected chi connectivity index (χ1v) is 7.76. The van der Waals surface area contributed by atoms with Crippen LogP contribution in [0.4, 0.5) is 10.1 Å². The highest BCUT2D eigenvalue weighted by molar-refractivity contribution is 7.92. The van der Waals surface area contributed by atoms with E-state index in [0.717, 1.165) is 4.31 Å². The number of halogens is 2. The fourth-order valence-electron chi connectivity index (χ4n) is 1.76. The number of nitrogens with zero attached hydrogens (tertiary/aromatic N) is 1. The highest BCUT2D eigenvalue weighted by atomic mass is 35.5. The Balaban J connectivity index is 2.41. The lowest BCUT2D eigenvalue weighted by atomic mass is 10.3. The molecule has 0 aliphatic carbocycles. The van der Waals surface area contributed by atoms with E-state index < -0.39 is 15.8 Å². The zero-order valence-electron chi connectivity index (χ0n) is 11.4. The van der Waals surface area contributed by atoms with Crippen LogP contribution >= 0.6 is 11.6 Å². The first-order valence-electron chi connectivity index (χ1n) is 5.94. The molecule has 2 aromatic rings. The van der Waals surface area contributed by atoms with Crippen molar-refractivity contribution in [3.05, 3.63) is 53.3 Å². The van der Waals surface area contributed by atoms with Crippen LogP contribution in [0.1, 0.15) is 0 Å². The number of benzene rings is 2. The molecular formula is C14H13ClFNO3S. The van der Waals surface area contributed by atoms with Gasteiger partial charge in [-0.15, -0.1) is 0 Å². The maximum absolute atomic E-state index is 12.9. The number of hydrogen-bond donors (Lipinski definition) is 0. The first-order chi connectivity index (χ1) is 9.86. The van der Waals surface area contributed by atoms with Crippen LogP contribution in [0, 0.1) is 5.82 Å². The molecule has 0 bridgehead atoms. The molecule has 0 N–H and O–H groups in total. The van der Waals surface area contributed by atoms with E-state index in [1.807, 2.05) is 0 Å². The zero-order chi connectivity index (χ0) is 15.6. The summed E-state index contributed by atoms with van der Waals surface area (Å²) in [5.74, 6) is -0.0444. The molecule has 0 radical (unpaired) electrons. The highest BCUT2D eigenvalue weighted by Crippen LogP contribution is 2.29. The van der Waals surface area contributed by atoms with E-state index in [4.69, 9.17) is 16.3 Å². The van der Waals surface area contributed by atoms with Crippen LogP contribution in [0.2, 0.25) is 5.02 Å². The number of sulfonamides is 1. The van der Waals surface area contributed by atoms with Crippen molar-refractivity contribution in [1.29, 1.82) is 0 Å². The van der Waals surface area contributed by atoms with Crippen molar-refractivity contribution in [3.8, 4) is 5.75 Å². The van der Waals surface area contributed by atoms with Crippen LogP contribution in [-0.2, 0) is 10.0 Å². The summed E-state index contributed by atoms with van der Waals surface area (Å²) in [6.45, 7) is 0. The second-order valence-corrected chi connectivity index (χ2v) is 6.62. The van der Waals surface area contributed by atoms with Gasteiger partial charge < -0.3 is 4.74 Å². The van der Waals surface area contributed by atoms with Gasteiger partial charge in [-0.2, -0.15) is 0 Å². The summed E-state index contributed by atoms with van der Waals surface area (Å²) in [7, 11) is -0.947. The Morgan fingerprint density at radius 2 is 1.76 bits per heavy atom. The summed E-state index contributed by atoms with van der Waals surface area (Å²) in [4.78, 5) is 0.0279. The first kappa shape index (κ1) is 15.6. The quantitative estimate of drug-likeness (QED) is 0.864. The maximum atomic E-state index is 12.9. The maximum Gasteiger partial charge on any atom is 0.264 e. The lowest BCUT2D eigenvalue weighted by molar-refractivity contribution is 0.414. The predicted molar refractivity (Wildman–Crippen MR) is 80.0 cm³/mol. The molecule has 0 saturated heterocycles. The fraction of sp³-hybridized carbons (Fsp3) is 0.143. The van der Waals surface area contributed by atoms with Gasteiger partial charge in [-0.05, 0) is 42.5 Å². The third-order valence-electron chi connectivity index (χ3n) is 2.97. The molecular weight excluding hydrogens is 317 g/mol. The average molecular weight is 330 g/mol. The van der Waals surface area contributed by atoms with Crippen molar-refractivity contribution < 1.29 is 17.5 Å². The Bertz CT molecular complexity index is 747. The van der Waals surface area contributed by atoms with Gasteiger partial charge in [-0.3, -0.25) is 4.31 Å². The Morgan fingerprint density at radius 3 is 2.29 bits per heavy atom. The molecule has 112 valence electrons. The lowest BCUT2D eigenvalue weighted by Gasteiger charge is -2.19. The average Bonchev–Trinajstić information content (AvgIpc) is 2.47. The van der Waals surface area contributed by atoms with Crippen LogP contribution in [-0.4, -0.2) is 22.6 Å². The van der Waals surface area contributed by atoms with E-state index in [0.29, 0.717) is 11.4 Å². The summed E-state index contributed by atoms with van der Waals surface area (Å²) in [5, 5.41) is 0.200. The molecule has 0 heterocycles. The van der Waals surface area contributed by atoms with Gasteiger partial charge in [0.15, 0.2) is 0 Å². The summed E-state index contributed by atoms with van der Waals surface area (Å²) < 4.78 is 44.0. The topological polar surface area (TPSA) is 46.6 Å². The van der Waals surface area contributed by atoms with Crippen molar-refractivity contribution in [2.45, 2.75) is 4.90 Å². The van der Waals surface area contributed by atoms with Crippen molar-refractivity contribution in [3.63, 3.8) is 0 Å². The van der Waals surface area contributed by atoms with E-state index in [1.165, 1.54) is 56.6 Å². The minimum Gasteiger partial charge on any atom is -0.495 e. The Kier molecular flexibility index (Phi) is 4.39. The van der Waals surface area contributed by atoms with Gasteiger partial charge in [0.25, 0.3) is 10.0 Å². The summed E-state index contributed by atoms with van der Waals surface area (Å²) in [6.07, 6.45) is 0. The van der Waals surface area contributed by atoms with E-state index in [-0.39, 0.29) is 9.92 Å². The molecule has 0 fully saturated rings. The Morgan fingerprint density at radius 1 is 1.14 bits per heavy atom. The molecule has 21 heavy (non-hydrogen) atoms. The molecule has 0 spiro atoms. The molecule has 2 rings (SSSR count). The second kappa shape index (κ2) is 5.91. The van der Waals surface area contributed by atoms with Crippen LogP contribution in [0.15, 0.2) is 47.4 Å². The molecule has 0 unspecified atom stereocenters. The van der Waals surface area contributed by atoms with Crippen molar-refractivity contribution >= 4 is 27.3 Å². The minimum absolute atomic E-state index is 0.0279. The van der Waals surface area contributed by atoms with E-state index in [2.05, 4.69) is 0 Å². The molecule has 7 heteroatoms. The third kappa shape index (κ3) is 3.11. The number of ether oxygens (including phenoxy) is 1. The van der Waals surface area contributed by atoms with Gasteiger partial charge in [0.2, 0.25) is 0 Å². The van der Waals surface area contributed by atoms with Crippen molar-refractivity contribution in [2.24, 2.45) is 0 Å². The molecule has 0 aliphatic rings. The number of rotatable bonds is 4. The van der Waals surface area contributed by atoms with Gasteiger partial charge in [-0.25, -0.2) is 12.8 Å². The molecule has 0 aromatic heterocycles. The summed E-state index contributed by atoms with van der Waals surface area (Å²) in [6, 6.07) is 9.37. The largest absolute Gasteiger partial charge is 0.495 e. The number of hydrogen-bond acceptors (Lipinski definition) is 3. The van der Waals surface area contributed by atoms with E-state index in [1.54, 1.807) is 0 Å². The minimum atomic E-state index is -3.78. The van der Waals surface area contributed by atoms with Gasteiger partial charge in [0, 0.05) is 7.05 Å². The van der Waals surface area contributed by atoms with Gasteiger partial charge >= 0.3 is 0 Å². The standard InChI is InChI=1S/C14H13ClFNO3S/c1-17(11-5-3-10(16)4-6-11)21(18,19)12-7-8-14(20-2)13(15)9-12/h3-9H,1-2H3. The smallest absolute Gasteiger partial charge is 0.264 e. The number of anilines is 1. The Hall–Kier alpha value is -1.79. The van der Waals surface area contributed by atoms with Gasteiger partial charge in [-0.1, -0.05) is 11.6 Å². The van der Waals surface area contributed by atoms with Crippen molar-refractivity contribution in [2.75, 3.05) is 18.5 Å². The van der Waals surface area contributed by atoms with Gasteiger partial charge in [0.1, 0.15) is 11.6 Å². The summed E-state index contributed by atoms with van der Waals surface area (Å²) >= 11 is 5.95. The summed E-state index contributed by atoms with van der Waals surface area (Å²) in [5.41, 5.74) is 0.350.